The third-order valence-electron chi connectivity index (χ3n) is 3.75. The Morgan fingerprint density at radius 3 is 2.63 bits per heavy atom. The summed E-state index contributed by atoms with van der Waals surface area (Å²) < 4.78 is 0. The van der Waals surface area contributed by atoms with Crippen LogP contribution in [0.2, 0.25) is 0 Å². The predicted molar refractivity (Wildman–Crippen MR) is 75.8 cm³/mol. The van der Waals surface area contributed by atoms with Crippen LogP contribution in [-0.4, -0.2) is 26.0 Å². The minimum Gasteiger partial charge on any atom is -0.368 e. The Morgan fingerprint density at radius 1 is 1.11 bits per heavy atom. The molecule has 1 aliphatic carbocycles. The molecule has 0 aromatic carbocycles. The first-order chi connectivity index (χ1) is 9.33. The van der Waals surface area contributed by atoms with Gasteiger partial charge in [-0.05, 0) is 12.8 Å². The quantitative estimate of drug-likeness (QED) is 0.771. The molecule has 2 aromatic rings. The molecule has 0 aliphatic heterocycles. The third-order valence-corrected chi connectivity index (χ3v) is 3.75. The van der Waals surface area contributed by atoms with Crippen LogP contribution in [0.5, 0.6) is 0 Å². The van der Waals surface area contributed by atoms with Crippen LogP contribution in [0.3, 0.4) is 0 Å². The number of nitrogen functional groups attached to an aromatic ring is 1. The number of fused-ring (bicyclic) bond motifs is 1. The van der Waals surface area contributed by atoms with Crippen molar-refractivity contribution >= 4 is 22.9 Å². The molecule has 4 N–H and O–H groups in total. The second kappa shape index (κ2) is 5.42. The van der Waals surface area contributed by atoms with Crippen LogP contribution in [0, 0.1) is 0 Å². The van der Waals surface area contributed by atoms with Gasteiger partial charge in [0.1, 0.15) is 5.52 Å². The largest absolute Gasteiger partial charge is 0.368 e. The number of H-pyrrole nitrogens is 1. The highest BCUT2D eigenvalue weighted by atomic mass is 15.1. The van der Waals surface area contributed by atoms with Crippen molar-refractivity contribution < 1.29 is 0 Å². The number of anilines is 2. The normalized spacial score (nSPS) is 18.1. The van der Waals surface area contributed by atoms with E-state index in [2.05, 4.69) is 25.3 Å². The zero-order valence-corrected chi connectivity index (χ0v) is 11.0. The maximum atomic E-state index is 5.73. The van der Waals surface area contributed by atoms with E-state index in [4.69, 9.17) is 5.73 Å². The zero-order chi connectivity index (χ0) is 13.1. The SMILES string of the molecule is Nc1nc(NC2CCCCCCC2)c2[nH]cnc2n1. The van der Waals surface area contributed by atoms with Crippen LogP contribution in [0.1, 0.15) is 44.9 Å². The summed E-state index contributed by atoms with van der Waals surface area (Å²) in [6, 6.07) is 0.473. The van der Waals surface area contributed by atoms with E-state index in [1.54, 1.807) is 6.33 Å². The van der Waals surface area contributed by atoms with Crippen LogP contribution in [0.15, 0.2) is 6.33 Å². The van der Waals surface area contributed by atoms with Gasteiger partial charge in [0.05, 0.1) is 6.33 Å². The maximum absolute atomic E-state index is 5.73. The molecular formula is C13H20N6. The summed E-state index contributed by atoms with van der Waals surface area (Å²) in [5.74, 6) is 1.05. The lowest BCUT2D eigenvalue weighted by Gasteiger charge is -2.21. The summed E-state index contributed by atoms with van der Waals surface area (Å²) in [4.78, 5) is 15.6. The minimum atomic E-state index is 0.271. The third kappa shape index (κ3) is 2.77. The van der Waals surface area contributed by atoms with Crippen LogP contribution in [0.25, 0.3) is 11.2 Å². The number of nitrogens with two attached hydrogens (primary N) is 1. The van der Waals surface area contributed by atoms with E-state index in [1.807, 2.05) is 0 Å². The van der Waals surface area contributed by atoms with Gasteiger partial charge in [0.15, 0.2) is 11.5 Å². The van der Waals surface area contributed by atoms with Crippen molar-refractivity contribution in [1.82, 2.24) is 19.9 Å². The lowest BCUT2D eigenvalue weighted by molar-refractivity contribution is 0.471. The number of rotatable bonds is 2. The first-order valence-corrected chi connectivity index (χ1v) is 7.06. The summed E-state index contributed by atoms with van der Waals surface area (Å²) in [5.41, 5.74) is 7.20. The second-order valence-electron chi connectivity index (χ2n) is 5.22. The van der Waals surface area contributed by atoms with Gasteiger partial charge in [0, 0.05) is 6.04 Å². The first-order valence-electron chi connectivity index (χ1n) is 7.06. The van der Waals surface area contributed by atoms with E-state index in [9.17, 15) is 0 Å². The van der Waals surface area contributed by atoms with Gasteiger partial charge in [0.25, 0.3) is 0 Å². The molecule has 0 radical (unpaired) electrons. The average Bonchev–Trinajstić information content (AvgIpc) is 2.80. The van der Waals surface area contributed by atoms with Gasteiger partial charge in [-0.25, -0.2) is 4.98 Å². The summed E-state index contributed by atoms with van der Waals surface area (Å²) in [7, 11) is 0. The molecule has 0 bridgehead atoms. The molecule has 3 rings (SSSR count). The summed E-state index contributed by atoms with van der Waals surface area (Å²) in [6.07, 6.45) is 10.6. The van der Waals surface area contributed by atoms with Gasteiger partial charge in [-0.3, -0.25) is 0 Å². The second-order valence-corrected chi connectivity index (χ2v) is 5.22. The summed E-state index contributed by atoms with van der Waals surface area (Å²) in [5, 5.41) is 3.52. The monoisotopic (exact) mass is 260 g/mol. The molecule has 2 heterocycles. The number of hydrogen-bond acceptors (Lipinski definition) is 5. The van der Waals surface area contributed by atoms with Crippen molar-refractivity contribution in [2.75, 3.05) is 11.1 Å². The topological polar surface area (TPSA) is 92.5 Å². The van der Waals surface area contributed by atoms with E-state index in [1.165, 1.54) is 44.9 Å². The number of nitrogens with zero attached hydrogens (tertiary/aromatic N) is 3. The molecule has 1 saturated carbocycles. The van der Waals surface area contributed by atoms with E-state index < -0.39 is 0 Å². The Labute approximate surface area is 112 Å². The number of imidazole rings is 1. The van der Waals surface area contributed by atoms with E-state index in [0.717, 1.165) is 11.3 Å². The first kappa shape index (κ1) is 12.2. The average molecular weight is 260 g/mol. The van der Waals surface area contributed by atoms with E-state index in [0.29, 0.717) is 11.7 Å². The van der Waals surface area contributed by atoms with Gasteiger partial charge in [-0.2, -0.15) is 9.97 Å². The van der Waals surface area contributed by atoms with Crippen LogP contribution in [0.4, 0.5) is 11.8 Å². The van der Waals surface area contributed by atoms with Crippen molar-refractivity contribution in [2.45, 2.75) is 51.0 Å². The van der Waals surface area contributed by atoms with Crippen LogP contribution >= 0.6 is 0 Å². The fourth-order valence-corrected chi connectivity index (χ4v) is 2.75. The molecule has 102 valence electrons. The highest BCUT2D eigenvalue weighted by Crippen LogP contribution is 2.23. The number of aromatic nitrogens is 4. The van der Waals surface area contributed by atoms with E-state index >= 15 is 0 Å². The Balaban J connectivity index is 1.81. The molecule has 19 heavy (non-hydrogen) atoms. The molecule has 6 heteroatoms. The molecule has 6 nitrogen and oxygen atoms in total. The van der Waals surface area contributed by atoms with Crippen LogP contribution in [-0.2, 0) is 0 Å². The predicted octanol–water partition coefficient (Wildman–Crippen LogP) is 2.46. The molecule has 2 aromatic heterocycles. The Bertz CT molecular complexity index is 541. The van der Waals surface area contributed by atoms with Crippen LogP contribution < -0.4 is 11.1 Å². The van der Waals surface area contributed by atoms with Gasteiger partial charge >= 0.3 is 0 Å². The van der Waals surface area contributed by atoms with Crippen molar-refractivity contribution in [3.8, 4) is 0 Å². The summed E-state index contributed by atoms with van der Waals surface area (Å²) >= 11 is 0. The van der Waals surface area contributed by atoms with Crippen molar-refractivity contribution in [3.05, 3.63) is 6.33 Å². The van der Waals surface area contributed by atoms with Crippen molar-refractivity contribution in [2.24, 2.45) is 0 Å². The van der Waals surface area contributed by atoms with E-state index in [-0.39, 0.29) is 5.95 Å². The van der Waals surface area contributed by atoms with Crippen molar-refractivity contribution in [3.63, 3.8) is 0 Å². The smallest absolute Gasteiger partial charge is 0.224 e. The molecule has 1 fully saturated rings. The zero-order valence-electron chi connectivity index (χ0n) is 11.0. The van der Waals surface area contributed by atoms with Gasteiger partial charge in [0.2, 0.25) is 5.95 Å². The molecule has 0 saturated heterocycles. The van der Waals surface area contributed by atoms with Gasteiger partial charge in [-0.15, -0.1) is 0 Å². The Kier molecular flexibility index (Phi) is 3.48. The molecule has 0 amide bonds. The van der Waals surface area contributed by atoms with Crippen molar-refractivity contribution in [1.29, 1.82) is 0 Å². The maximum Gasteiger partial charge on any atom is 0.224 e. The Hall–Kier alpha value is -1.85. The van der Waals surface area contributed by atoms with Gasteiger partial charge < -0.3 is 16.0 Å². The number of aromatic amines is 1. The highest BCUT2D eigenvalue weighted by Gasteiger charge is 2.15. The molecule has 0 unspecified atom stereocenters. The summed E-state index contributed by atoms with van der Waals surface area (Å²) in [6.45, 7) is 0. The molecular weight excluding hydrogens is 240 g/mol. The van der Waals surface area contributed by atoms with Gasteiger partial charge in [-0.1, -0.05) is 32.1 Å². The molecule has 0 atom stereocenters. The molecule has 0 spiro atoms. The lowest BCUT2D eigenvalue weighted by Crippen LogP contribution is -2.21. The molecule has 1 aliphatic rings. The number of hydrogen-bond donors (Lipinski definition) is 3. The minimum absolute atomic E-state index is 0.271. The Morgan fingerprint density at radius 2 is 1.84 bits per heavy atom. The lowest BCUT2D eigenvalue weighted by atomic mass is 9.97. The standard InChI is InChI=1S/C13H20N6/c14-13-18-11-10(15-8-16-11)12(19-13)17-9-6-4-2-1-3-5-7-9/h8-9H,1-7H2,(H4,14,15,16,17,18,19). The highest BCUT2D eigenvalue weighted by molar-refractivity contribution is 5.83. The fourth-order valence-electron chi connectivity index (χ4n) is 2.75. The fraction of sp³-hybridized carbons (Fsp3) is 0.615. The number of nitrogens with one attached hydrogen (secondary N) is 2.